The van der Waals surface area contributed by atoms with Crippen LogP contribution in [0, 0.1) is 0 Å². The van der Waals surface area contributed by atoms with Crippen molar-refractivity contribution in [1.82, 2.24) is 35.1 Å². The molecular formula is C31H26Cl2N8O3. The summed E-state index contributed by atoms with van der Waals surface area (Å²) in [6, 6.07) is 21.7. The summed E-state index contributed by atoms with van der Waals surface area (Å²) in [5.74, 6) is 0.323. The van der Waals surface area contributed by atoms with Crippen molar-refractivity contribution in [3.63, 3.8) is 0 Å². The van der Waals surface area contributed by atoms with Gasteiger partial charge in [0.05, 0.1) is 11.7 Å². The number of carboxylic acid groups (broad SMARTS) is 1. The molecule has 3 heterocycles. The van der Waals surface area contributed by atoms with Gasteiger partial charge in [0.25, 0.3) is 0 Å². The Morgan fingerprint density at radius 2 is 1.84 bits per heavy atom. The number of benzene rings is 3. The molecule has 0 unspecified atom stereocenters. The van der Waals surface area contributed by atoms with Crippen molar-refractivity contribution in [2.45, 2.75) is 24.8 Å². The second kappa shape index (κ2) is 12.7. The highest BCUT2D eigenvalue weighted by molar-refractivity contribution is 6.32. The summed E-state index contributed by atoms with van der Waals surface area (Å²) in [7, 11) is 0. The van der Waals surface area contributed by atoms with Crippen LogP contribution >= 0.6 is 23.2 Å². The normalized spacial score (nSPS) is 16.7. The van der Waals surface area contributed by atoms with Gasteiger partial charge in [0.15, 0.2) is 0 Å². The first-order valence-corrected chi connectivity index (χ1v) is 14.6. The van der Waals surface area contributed by atoms with E-state index in [1.165, 1.54) is 17.1 Å². The molecule has 13 heteroatoms. The molecule has 3 aromatic carbocycles. The number of nitrogens with one attached hydrogen (secondary N) is 2. The number of likely N-dealkylation sites (tertiary alicyclic amines) is 1. The summed E-state index contributed by atoms with van der Waals surface area (Å²) < 4.78 is 1.51. The smallest absolute Gasteiger partial charge is 0.409 e. The van der Waals surface area contributed by atoms with Gasteiger partial charge in [-0.3, -0.25) is 10.1 Å². The number of carbonyl (C=O) groups is 2. The molecule has 2 amide bonds. The van der Waals surface area contributed by atoms with Crippen LogP contribution in [0.2, 0.25) is 10.2 Å². The molecule has 5 aromatic rings. The standard InChI is InChI=1S/C31H26Cl2N8O3/c32-22-11-14-25(41-18-34-38-39-41)21(17-22)10-15-26(42)40-16-4-7-24(19-5-2-1-3-6-19)28(40)30-36-27(29(33)37-30)20-8-12-23(13-9-20)35-31(43)44/h1-3,5-6,8-15,17-18,24,28,35H,4,7,16H2,(H,36,37)(H,43,44)/b15-10+/t24-,28-/m1/s1. The number of anilines is 1. The Balaban J connectivity index is 1.35. The van der Waals surface area contributed by atoms with Crippen molar-refractivity contribution in [2.75, 3.05) is 11.9 Å². The molecule has 1 aliphatic rings. The zero-order chi connectivity index (χ0) is 30.6. The first-order valence-electron chi connectivity index (χ1n) is 13.8. The van der Waals surface area contributed by atoms with Gasteiger partial charge in [0, 0.05) is 40.4 Å². The highest BCUT2D eigenvalue weighted by Gasteiger charge is 2.38. The van der Waals surface area contributed by atoms with Crippen molar-refractivity contribution in [3.8, 4) is 16.9 Å². The molecule has 2 atom stereocenters. The zero-order valence-electron chi connectivity index (χ0n) is 23.1. The average molecular weight is 630 g/mol. The number of hydrogen-bond acceptors (Lipinski definition) is 6. The number of carbonyl (C=O) groups excluding carboxylic acids is 1. The van der Waals surface area contributed by atoms with Crippen molar-refractivity contribution in [3.05, 3.63) is 112 Å². The monoisotopic (exact) mass is 628 g/mol. The van der Waals surface area contributed by atoms with Crippen LogP contribution in [-0.4, -0.2) is 58.7 Å². The highest BCUT2D eigenvalue weighted by atomic mass is 35.5. The first kappa shape index (κ1) is 29.1. The number of H-pyrrole nitrogens is 1. The molecule has 44 heavy (non-hydrogen) atoms. The van der Waals surface area contributed by atoms with Gasteiger partial charge in [-0.05, 0) is 65.2 Å². The number of nitrogens with zero attached hydrogens (tertiary/aromatic N) is 6. The van der Waals surface area contributed by atoms with Gasteiger partial charge in [-0.15, -0.1) is 5.10 Å². The number of tetrazole rings is 1. The lowest BCUT2D eigenvalue weighted by Crippen LogP contribution is -2.41. The van der Waals surface area contributed by atoms with E-state index in [0.29, 0.717) is 50.7 Å². The van der Waals surface area contributed by atoms with Crippen LogP contribution in [0.3, 0.4) is 0 Å². The molecule has 2 aromatic heterocycles. The van der Waals surface area contributed by atoms with Crippen molar-refractivity contribution in [1.29, 1.82) is 0 Å². The number of imidazole rings is 1. The minimum absolute atomic E-state index is 0.0394. The summed E-state index contributed by atoms with van der Waals surface area (Å²) in [6.07, 6.45) is 5.22. The van der Waals surface area contributed by atoms with E-state index in [2.05, 4.69) is 38.0 Å². The third-order valence-corrected chi connectivity index (χ3v) is 8.01. The Hall–Kier alpha value is -5.00. The number of aromatic nitrogens is 6. The van der Waals surface area contributed by atoms with E-state index < -0.39 is 12.1 Å². The van der Waals surface area contributed by atoms with Crippen molar-refractivity contribution >= 4 is 47.0 Å². The van der Waals surface area contributed by atoms with Crippen LogP contribution in [0.5, 0.6) is 0 Å². The molecular weight excluding hydrogens is 603 g/mol. The molecule has 1 saturated heterocycles. The van der Waals surface area contributed by atoms with E-state index in [0.717, 1.165) is 18.4 Å². The van der Waals surface area contributed by atoms with Gasteiger partial charge in [-0.2, -0.15) is 4.68 Å². The van der Waals surface area contributed by atoms with Crippen LogP contribution < -0.4 is 5.32 Å². The van der Waals surface area contributed by atoms with Gasteiger partial charge < -0.3 is 15.0 Å². The third-order valence-electron chi connectivity index (χ3n) is 7.50. The Bertz CT molecular complexity index is 1810. The fourth-order valence-corrected chi connectivity index (χ4v) is 5.99. The maximum atomic E-state index is 13.9. The average Bonchev–Trinajstić information content (AvgIpc) is 3.70. The van der Waals surface area contributed by atoms with Gasteiger partial charge in [0.1, 0.15) is 23.0 Å². The number of halogens is 2. The predicted octanol–water partition coefficient (Wildman–Crippen LogP) is 6.61. The van der Waals surface area contributed by atoms with Crippen molar-refractivity contribution < 1.29 is 14.7 Å². The van der Waals surface area contributed by atoms with Gasteiger partial charge in [-0.1, -0.05) is 65.7 Å². The fourth-order valence-electron chi connectivity index (χ4n) is 5.56. The summed E-state index contributed by atoms with van der Waals surface area (Å²) in [5, 5.41) is 23.6. The second-order valence-electron chi connectivity index (χ2n) is 10.2. The molecule has 11 nitrogen and oxygen atoms in total. The summed E-state index contributed by atoms with van der Waals surface area (Å²) in [4.78, 5) is 34.9. The highest BCUT2D eigenvalue weighted by Crippen LogP contribution is 2.43. The second-order valence-corrected chi connectivity index (χ2v) is 11.0. The largest absolute Gasteiger partial charge is 0.465 e. The maximum Gasteiger partial charge on any atom is 0.409 e. The number of piperidine rings is 1. The summed E-state index contributed by atoms with van der Waals surface area (Å²) in [5.41, 5.74) is 4.08. The van der Waals surface area contributed by atoms with Crippen LogP contribution in [0.25, 0.3) is 23.0 Å². The molecule has 222 valence electrons. The first-order chi connectivity index (χ1) is 21.4. The quantitative estimate of drug-likeness (QED) is 0.172. The number of hydrogen-bond donors (Lipinski definition) is 3. The van der Waals surface area contributed by atoms with Gasteiger partial charge >= 0.3 is 6.09 Å². The molecule has 1 fully saturated rings. The Morgan fingerprint density at radius 3 is 2.57 bits per heavy atom. The van der Waals surface area contributed by atoms with E-state index in [-0.39, 0.29) is 11.8 Å². The molecule has 0 spiro atoms. The molecule has 0 aliphatic carbocycles. The number of aromatic amines is 1. The van der Waals surface area contributed by atoms with E-state index >= 15 is 0 Å². The Labute approximate surface area is 262 Å². The van der Waals surface area contributed by atoms with Crippen LogP contribution in [-0.2, 0) is 4.79 Å². The fraction of sp³-hybridized carbons (Fsp3) is 0.161. The maximum absolute atomic E-state index is 13.9. The zero-order valence-corrected chi connectivity index (χ0v) is 24.7. The van der Waals surface area contributed by atoms with Crippen molar-refractivity contribution in [2.24, 2.45) is 0 Å². The lowest BCUT2D eigenvalue weighted by Gasteiger charge is -2.40. The van der Waals surface area contributed by atoms with E-state index in [9.17, 15) is 9.59 Å². The van der Waals surface area contributed by atoms with E-state index in [4.69, 9.17) is 33.3 Å². The van der Waals surface area contributed by atoms with Gasteiger partial charge in [0.2, 0.25) is 5.91 Å². The Morgan fingerprint density at radius 1 is 1.05 bits per heavy atom. The molecule has 0 bridgehead atoms. The van der Waals surface area contributed by atoms with Crippen LogP contribution in [0.4, 0.5) is 10.5 Å². The minimum Gasteiger partial charge on any atom is -0.465 e. The molecule has 0 saturated carbocycles. The van der Waals surface area contributed by atoms with Crippen LogP contribution in [0.15, 0.2) is 85.2 Å². The third kappa shape index (κ3) is 6.19. The molecule has 6 rings (SSSR count). The lowest BCUT2D eigenvalue weighted by molar-refractivity contribution is -0.130. The number of rotatable bonds is 7. The lowest BCUT2D eigenvalue weighted by atomic mass is 9.83. The van der Waals surface area contributed by atoms with Gasteiger partial charge in [-0.25, -0.2) is 9.78 Å². The summed E-state index contributed by atoms with van der Waals surface area (Å²) in [6.45, 7) is 0.524. The SMILES string of the molecule is O=C(O)Nc1ccc(-c2nc([C@H]3[C@@H](c4ccccc4)CCCN3C(=O)/C=C/c3cc(Cl)ccc3-n3cnnn3)[nH]c2Cl)cc1. The van der Waals surface area contributed by atoms with E-state index in [1.807, 2.05) is 23.1 Å². The topological polar surface area (TPSA) is 142 Å². The molecule has 3 N–H and O–H groups in total. The number of amides is 2. The van der Waals surface area contributed by atoms with E-state index in [1.54, 1.807) is 48.5 Å². The Kier molecular flexibility index (Phi) is 8.40. The summed E-state index contributed by atoms with van der Waals surface area (Å²) >= 11 is 13.0. The molecule has 0 radical (unpaired) electrons. The van der Waals surface area contributed by atoms with Crippen LogP contribution in [0.1, 0.15) is 41.8 Å². The molecule has 1 aliphatic heterocycles. The minimum atomic E-state index is -1.15. The predicted molar refractivity (Wildman–Crippen MR) is 167 cm³/mol.